The van der Waals surface area contributed by atoms with Crippen LogP contribution in [0, 0.1) is 17.3 Å². The Balaban J connectivity index is 3.25. The summed E-state index contributed by atoms with van der Waals surface area (Å²) in [7, 11) is 34.9. The summed E-state index contributed by atoms with van der Waals surface area (Å²) in [6.07, 6.45) is 2.49. The largest absolute Gasteiger partial charge is 0.391 e. The minimum atomic E-state index is -0.778. The molecule has 248 valence electrons. The topological polar surface area (TPSA) is 55.8 Å². The Bertz CT molecular complexity index is 865. The van der Waals surface area contributed by atoms with Crippen molar-refractivity contribution in [3.8, 4) is 0 Å². The Morgan fingerprint density at radius 1 is 0.881 bits per heavy atom. The molecule has 4 nitrogen and oxygen atoms in total. The molecule has 0 saturated carbocycles. The second kappa shape index (κ2) is 23.6. The van der Waals surface area contributed by atoms with E-state index in [1.165, 1.54) is 5.57 Å². The minimum absolute atomic E-state index is 0.0334. The van der Waals surface area contributed by atoms with Crippen LogP contribution in [-0.2, 0) is 13.8 Å². The summed E-state index contributed by atoms with van der Waals surface area (Å²) in [6, 6.07) is 0. The van der Waals surface area contributed by atoms with Gasteiger partial charge in [0.25, 0.3) is 0 Å². The normalized spacial score (nSPS) is 24.7. The van der Waals surface area contributed by atoms with Gasteiger partial charge in [-0.25, -0.2) is 0 Å². The molecule has 26 heteroatoms. The SMILES string of the molecule is CC1=CC(C)(C)C(CC(=O)[C@H](C)[C@@H](OP(P(P)P)P(P)P(P)P)[C@@H](C)O)C[C@@H]1OP(P(P)P(P)P)P(P(P)P)P(P)P. The molecule has 0 fully saturated rings. The van der Waals surface area contributed by atoms with Crippen LogP contribution in [0.5, 0.6) is 0 Å². The first-order valence-electron chi connectivity index (χ1n) is 12.3. The highest BCUT2D eigenvalue weighted by Crippen LogP contribution is 3.17. The van der Waals surface area contributed by atoms with Crippen LogP contribution in [0.15, 0.2) is 11.6 Å². The highest BCUT2D eigenvalue weighted by molar-refractivity contribution is 9.19. The number of carbonyl (C=O) groups excluding carboxylic acids is 1. The molecule has 21 atom stereocenters. The lowest BCUT2D eigenvalue weighted by Crippen LogP contribution is -2.39. The van der Waals surface area contributed by atoms with Crippen molar-refractivity contribution in [3.63, 3.8) is 0 Å². The predicted molar refractivity (Wildman–Crippen MR) is 262 cm³/mol. The molecule has 0 amide bonds. The molecule has 1 aliphatic rings. The van der Waals surface area contributed by atoms with E-state index >= 15 is 0 Å². The van der Waals surface area contributed by atoms with Crippen LogP contribution in [0.2, 0.25) is 0 Å². The van der Waals surface area contributed by atoms with Gasteiger partial charge < -0.3 is 14.2 Å². The fraction of sp³-hybridized carbons (Fsp3) is 0.812. The molecule has 1 N–H and O–H groups in total. The molecule has 0 radical (unpaired) electrons. The highest BCUT2D eigenvalue weighted by Gasteiger charge is 2.43. The summed E-state index contributed by atoms with van der Waals surface area (Å²) in [5.74, 6) is -0.0373. The summed E-state index contributed by atoms with van der Waals surface area (Å²) < 4.78 is 13.9. The molecule has 0 aromatic carbocycles. The molecule has 0 spiro atoms. The quantitative estimate of drug-likeness (QED) is 0.117. The Morgan fingerprint density at radius 2 is 1.36 bits per heavy atom. The molecule has 1 aliphatic carbocycles. The van der Waals surface area contributed by atoms with Crippen molar-refractivity contribution in [2.45, 2.75) is 65.8 Å². The van der Waals surface area contributed by atoms with Gasteiger partial charge in [0, 0.05) is 33.3 Å². The van der Waals surface area contributed by atoms with Gasteiger partial charge in [-0.1, -0.05) is 44.7 Å². The Morgan fingerprint density at radius 3 is 1.76 bits per heavy atom. The van der Waals surface area contributed by atoms with E-state index in [-0.39, 0.29) is 71.1 Å². The maximum absolute atomic E-state index is 13.9. The Labute approximate surface area is 295 Å². The number of allylic oxidation sites excluding steroid dienone is 1. The number of hydrogen-bond acceptors (Lipinski definition) is 4. The van der Waals surface area contributed by atoms with Crippen LogP contribution in [0.3, 0.4) is 0 Å². The number of aliphatic hydroxyl groups excluding tert-OH is 1. The minimum Gasteiger partial charge on any atom is -0.391 e. The first-order valence-corrected chi connectivity index (χ1v) is 50.7. The van der Waals surface area contributed by atoms with E-state index in [2.05, 4.69) is 134 Å². The molecule has 0 aromatic rings. The van der Waals surface area contributed by atoms with Gasteiger partial charge in [-0.15, -0.1) is 89.3 Å². The highest BCUT2D eigenvalue weighted by atomic mass is 33.2. The fourth-order valence-corrected chi connectivity index (χ4v) is 144. The Hall–Kier alpha value is 8.75. The van der Waals surface area contributed by atoms with E-state index < -0.39 is 41.2 Å². The number of aliphatic hydroxyl groups is 1. The van der Waals surface area contributed by atoms with E-state index in [0.717, 1.165) is 6.42 Å². The molecule has 0 aromatic heterocycles. The number of ketones is 1. The first-order chi connectivity index (χ1) is 19.1. The third-order valence-corrected chi connectivity index (χ3v) is 118. The lowest BCUT2D eigenvalue weighted by molar-refractivity contribution is -0.129. The molecule has 0 saturated heterocycles. The van der Waals surface area contributed by atoms with Gasteiger partial charge >= 0.3 is 0 Å². The molecule has 1 rings (SSSR count). The van der Waals surface area contributed by atoms with Crippen LogP contribution >= 0.6 is 178 Å². The molecular formula is C16H50O4P22. The van der Waals surface area contributed by atoms with Gasteiger partial charge in [0.15, 0.2) is 0 Å². The van der Waals surface area contributed by atoms with Crippen LogP contribution < -0.4 is 0 Å². The van der Waals surface area contributed by atoms with Gasteiger partial charge in [-0.3, -0.25) is 4.79 Å². The Kier molecular flexibility index (Phi) is 27.4. The van der Waals surface area contributed by atoms with Crippen LogP contribution in [0.1, 0.15) is 47.5 Å². The summed E-state index contributed by atoms with van der Waals surface area (Å²) in [6.45, 7) is 7.81. The van der Waals surface area contributed by atoms with Crippen molar-refractivity contribution < 1.29 is 18.9 Å². The van der Waals surface area contributed by atoms with E-state index in [0.29, 0.717) is 6.42 Å². The first kappa shape index (κ1) is 48.8. The monoisotopic (exact) mass is 988 g/mol. The lowest BCUT2D eigenvalue weighted by Gasteiger charge is -2.44. The van der Waals surface area contributed by atoms with Crippen molar-refractivity contribution in [1.29, 1.82) is 0 Å². The summed E-state index contributed by atoms with van der Waals surface area (Å²) in [5, 5.41) is 10.8. The van der Waals surface area contributed by atoms with Crippen LogP contribution in [0.4, 0.5) is 0 Å². The van der Waals surface area contributed by atoms with E-state index in [4.69, 9.17) is 9.05 Å². The number of rotatable bonds is 17. The van der Waals surface area contributed by atoms with Crippen molar-refractivity contribution in [2.24, 2.45) is 17.3 Å². The number of Topliss-reactive ketones (excluding diaryl/α,β-unsaturated/α-hetero) is 1. The van der Waals surface area contributed by atoms with Crippen LogP contribution in [0.25, 0.3) is 0 Å². The van der Waals surface area contributed by atoms with Crippen molar-refractivity contribution in [1.82, 2.24) is 0 Å². The van der Waals surface area contributed by atoms with Gasteiger partial charge in [-0.2, -0.15) is 0 Å². The number of carbonyl (C=O) groups is 1. The number of hydrogen-bond donors (Lipinski definition) is 1. The van der Waals surface area contributed by atoms with Crippen molar-refractivity contribution in [2.75, 3.05) is 0 Å². The summed E-state index contributed by atoms with van der Waals surface area (Å²) >= 11 is 0. The fourth-order valence-electron chi connectivity index (χ4n) is 4.30. The van der Waals surface area contributed by atoms with Gasteiger partial charge in [0.1, 0.15) is 5.78 Å². The average molecular weight is 988 g/mol. The summed E-state index contributed by atoms with van der Waals surface area (Å²) in [4.78, 5) is 13.9. The zero-order chi connectivity index (χ0) is 32.9. The third-order valence-electron chi connectivity index (χ3n) is 6.61. The van der Waals surface area contributed by atoms with E-state index in [9.17, 15) is 9.90 Å². The van der Waals surface area contributed by atoms with Crippen LogP contribution in [-0.4, -0.2) is 29.2 Å². The zero-order valence-electron chi connectivity index (χ0n) is 24.5. The van der Waals surface area contributed by atoms with Gasteiger partial charge in [0.05, 0.1) is 33.4 Å². The van der Waals surface area contributed by atoms with Gasteiger partial charge in [-0.05, 0) is 72.1 Å². The second-order valence-electron chi connectivity index (χ2n) is 10.3. The molecule has 42 heavy (non-hydrogen) atoms. The standard InChI is InChI=1S/C16H50O4P22/c1-9-8-16(4,5)12(7-14(9)19-34(41(32)37(25)26)42(38(27)28)39(29)30)6-13(18)10(2)15(11(3)17)20-33(35(21)22)40(31)36(23)24/h8,10-12,14-15,17H,6-7,21-32H2,1-5H3/t10-,11+,12?,14-,15+,33?,34?,40?,41?/m0/s1. The predicted octanol–water partition coefficient (Wildman–Crippen LogP) is 15.2. The maximum atomic E-state index is 13.9. The van der Waals surface area contributed by atoms with E-state index in [1.54, 1.807) is 6.92 Å². The molecule has 0 heterocycles. The average Bonchev–Trinajstić information content (AvgIpc) is 2.84. The van der Waals surface area contributed by atoms with Crippen molar-refractivity contribution in [3.05, 3.63) is 11.6 Å². The zero-order valence-corrected chi connectivity index (χ0v) is 47.3. The van der Waals surface area contributed by atoms with Gasteiger partial charge in [0.2, 0.25) is 0 Å². The molecular weight excluding hydrogens is 938 g/mol. The smallest absolute Gasteiger partial charge is 0.138 e. The summed E-state index contributed by atoms with van der Waals surface area (Å²) in [5.41, 5.74) is 1.18. The van der Waals surface area contributed by atoms with Crippen molar-refractivity contribution >= 4 is 184 Å². The molecule has 17 unspecified atom stereocenters. The molecule has 0 aliphatic heterocycles. The van der Waals surface area contributed by atoms with E-state index in [1.807, 2.05) is 6.92 Å². The second-order valence-corrected chi connectivity index (χ2v) is 91.0. The third kappa shape index (κ3) is 15.8. The maximum Gasteiger partial charge on any atom is 0.138 e. The lowest BCUT2D eigenvalue weighted by atomic mass is 9.67. The molecule has 0 bridgehead atoms.